The average molecular weight is 276 g/mol. The predicted molar refractivity (Wildman–Crippen MR) is 63.9 cm³/mol. The molecule has 0 atom stereocenters. The minimum absolute atomic E-state index is 0.858. The van der Waals surface area contributed by atoms with Crippen molar-refractivity contribution in [2.24, 2.45) is 0 Å². The molecule has 1 aromatic heterocycles. The summed E-state index contributed by atoms with van der Waals surface area (Å²) in [6, 6.07) is 6.32. The van der Waals surface area contributed by atoms with Crippen LogP contribution in [0, 0.1) is 0 Å². The van der Waals surface area contributed by atoms with Crippen LogP contribution in [-0.2, 0) is 6.42 Å². The second kappa shape index (κ2) is 3.60. The highest BCUT2D eigenvalue weighted by Crippen LogP contribution is 2.35. The van der Waals surface area contributed by atoms with Crippen LogP contribution < -0.4 is 0 Å². The van der Waals surface area contributed by atoms with E-state index in [-0.39, 0.29) is 0 Å². The molecular formula is C10H8BrClS. The molecule has 0 amide bonds. The number of benzene rings is 1. The minimum Gasteiger partial charge on any atom is -0.128 e. The van der Waals surface area contributed by atoms with Gasteiger partial charge >= 0.3 is 0 Å². The Morgan fingerprint density at radius 3 is 2.85 bits per heavy atom. The van der Waals surface area contributed by atoms with E-state index in [4.69, 9.17) is 11.6 Å². The number of fused-ring (bicyclic) bond motifs is 1. The zero-order chi connectivity index (χ0) is 9.42. The van der Waals surface area contributed by atoms with E-state index in [0.717, 1.165) is 20.6 Å². The van der Waals surface area contributed by atoms with Gasteiger partial charge in [-0.3, -0.25) is 0 Å². The summed E-state index contributed by atoms with van der Waals surface area (Å²) in [5.41, 5.74) is 1.30. The molecule has 0 saturated heterocycles. The fraction of sp³-hybridized carbons (Fsp3) is 0.200. The Morgan fingerprint density at radius 1 is 1.38 bits per heavy atom. The van der Waals surface area contributed by atoms with Gasteiger partial charge in [-0.15, -0.1) is 11.3 Å². The molecule has 0 aliphatic rings. The number of rotatable bonds is 1. The topological polar surface area (TPSA) is 0 Å². The molecule has 1 aromatic carbocycles. The normalized spacial score (nSPS) is 11.0. The zero-order valence-electron chi connectivity index (χ0n) is 7.10. The van der Waals surface area contributed by atoms with Crippen LogP contribution in [0.1, 0.15) is 12.5 Å². The average Bonchev–Trinajstić information content (AvgIpc) is 2.46. The van der Waals surface area contributed by atoms with Crippen molar-refractivity contribution in [2.75, 3.05) is 0 Å². The number of halogens is 2. The van der Waals surface area contributed by atoms with Crippen LogP contribution in [0.2, 0.25) is 5.02 Å². The van der Waals surface area contributed by atoms with Gasteiger partial charge in [0.1, 0.15) is 0 Å². The van der Waals surface area contributed by atoms with E-state index in [0.29, 0.717) is 0 Å². The molecule has 1 heterocycles. The highest BCUT2D eigenvalue weighted by molar-refractivity contribution is 9.11. The Labute approximate surface area is 94.7 Å². The van der Waals surface area contributed by atoms with Crippen LogP contribution in [0.15, 0.2) is 22.0 Å². The Bertz CT molecular complexity index is 447. The van der Waals surface area contributed by atoms with Crippen molar-refractivity contribution in [3.05, 3.63) is 32.6 Å². The van der Waals surface area contributed by atoms with Gasteiger partial charge in [0.2, 0.25) is 0 Å². The van der Waals surface area contributed by atoms with E-state index in [1.165, 1.54) is 10.3 Å². The SMILES string of the molecule is CCc1cc(Cl)c2cc(Br)sc2c1. The molecule has 3 heteroatoms. The first-order valence-electron chi connectivity index (χ1n) is 4.08. The Hall–Kier alpha value is -0.0500. The summed E-state index contributed by atoms with van der Waals surface area (Å²) in [4.78, 5) is 0. The third-order valence-electron chi connectivity index (χ3n) is 2.02. The number of hydrogen-bond donors (Lipinski definition) is 0. The maximum atomic E-state index is 6.14. The standard InChI is InChI=1S/C10H8BrClS/c1-2-6-3-8(12)7-5-10(11)13-9(7)4-6/h3-5H,2H2,1H3. The van der Waals surface area contributed by atoms with E-state index >= 15 is 0 Å². The molecule has 2 rings (SSSR count). The summed E-state index contributed by atoms with van der Waals surface area (Å²) >= 11 is 11.3. The summed E-state index contributed by atoms with van der Waals surface area (Å²) in [7, 11) is 0. The largest absolute Gasteiger partial charge is 0.128 e. The fourth-order valence-electron chi connectivity index (χ4n) is 1.32. The first kappa shape index (κ1) is 9.50. The number of hydrogen-bond acceptors (Lipinski definition) is 1. The summed E-state index contributed by atoms with van der Waals surface area (Å²) in [5.74, 6) is 0. The maximum absolute atomic E-state index is 6.14. The molecule has 2 aromatic rings. The molecule has 0 N–H and O–H groups in total. The van der Waals surface area contributed by atoms with Crippen LogP contribution >= 0.6 is 38.9 Å². The second-order valence-corrected chi connectivity index (χ2v) is 5.76. The zero-order valence-corrected chi connectivity index (χ0v) is 10.3. The van der Waals surface area contributed by atoms with Gasteiger partial charge in [-0.1, -0.05) is 18.5 Å². The monoisotopic (exact) mass is 274 g/mol. The van der Waals surface area contributed by atoms with Crippen LogP contribution in [0.4, 0.5) is 0 Å². The van der Waals surface area contributed by atoms with Gasteiger partial charge in [0.05, 0.1) is 3.79 Å². The van der Waals surface area contributed by atoms with E-state index in [2.05, 4.69) is 35.0 Å². The van der Waals surface area contributed by atoms with Crippen molar-refractivity contribution in [1.29, 1.82) is 0 Å². The molecule has 0 saturated carbocycles. The summed E-state index contributed by atoms with van der Waals surface area (Å²) in [6.07, 6.45) is 1.03. The Morgan fingerprint density at radius 2 is 2.15 bits per heavy atom. The van der Waals surface area contributed by atoms with Crippen LogP contribution in [0.5, 0.6) is 0 Å². The van der Waals surface area contributed by atoms with Gasteiger partial charge in [-0.2, -0.15) is 0 Å². The molecule has 0 fully saturated rings. The van der Waals surface area contributed by atoms with E-state index < -0.39 is 0 Å². The summed E-state index contributed by atoms with van der Waals surface area (Å²) in [5, 5.41) is 2.01. The number of aryl methyl sites for hydroxylation is 1. The Balaban J connectivity index is 2.75. The lowest BCUT2D eigenvalue weighted by atomic mass is 10.1. The molecule has 0 spiro atoms. The van der Waals surface area contributed by atoms with Crippen molar-refractivity contribution >= 4 is 49.0 Å². The van der Waals surface area contributed by atoms with Gasteiger partial charge in [0.25, 0.3) is 0 Å². The second-order valence-electron chi connectivity index (χ2n) is 2.89. The van der Waals surface area contributed by atoms with E-state index in [1.807, 2.05) is 6.07 Å². The maximum Gasteiger partial charge on any atom is 0.0711 e. The van der Waals surface area contributed by atoms with Gasteiger partial charge in [0, 0.05) is 15.1 Å². The highest BCUT2D eigenvalue weighted by atomic mass is 79.9. The van der Waals surface area contributed by atoms with Crippen molar-refractivity contribution in [1.82, 2.24) is 0 Å². The van der Waals surface area contributed by atoms with Crippen molar-refractivity contribution in [2.45, 2.75) is 13.3 Å². The molecule has 0 radical (unpaired) electrons. The van der Waals surface area contributed by atoms with Crippen LogP contribution in [-0.4, -0.2) is 0 Å². The van der Waals surface area contributed by atoms with Gasteiger partial charge in [0.15, 0.2) is 0 Å². The van der Waals surface area contributed by atoms with Gasteiger partial charge in [-0.05, 0) is 46.1 Å². The molecule has 13 heavy (non-hydrogen) atoms. The molecular weight excluding hydrogens is 268 g/mol. The first-order valence-corrected chi connectivity index (χ1v) is 6.07. The Kier molecular flexibility index (Phi) is 2.63. The molecule has 0 aliphatic heterocycles. The van der Waals surface area contributed by atoms with Crippen molar-refractivity contribution in [3.63, 3.8) is 0 Å². The van der Waals surface area contributed by atoms with Crippen LogP contribution in [0.3, 0.4) is 0 Å². The molecule has 68 valence electrons. The predicted octanol–water partition coefficient (Wildman–Crippen LogP) is 4.88. The first-order chi connectivity index (χ1) is 6.20. The summed E-state index contributed by atoms with van der Waals surface area (Å²) < 4.78 is 2.40. The van der Waals surface area contributed by atoms with Gasteiger partial charge in [-0.25, -0.2) is 0 Å². The molecule has 0 bridgehead atoms. The quantitative estimate of drug-likeness (QED) is 0.696. The lowest BCUT2D eigenvalue weighted by molar-refractivity contribution is 1.15. The third-order valence-corrected chi connectivity index (χ3v) is 3.92. The number of thiophene rings is 1. The van der Waals surface area contributed by atoms with E-state index in [9.17, 15) is 0 Å². The summed E-state index contributed by atoms with van der Waals surface area (Å²) in [6.45, 7) is 2.14. The smallest absolute Gasteiger partial charge is 0.0711 e. The van der Waals surface area contributed by atoms with Crippen LogP contribution in [0.25, 0.3) is 10.1 Å². The third kappa shape index (κ3) is 1.76. The highest BCUT2D eigenvalue weighted by Gasteiger charge is 2.04. The van der Waals surface area contributed by atoms with E-state index in [1.54, 1.807) is 11.3 Å². The fourth-order valence-corrected chi connectivity index (χ4v) is 3.30. The minimum atomic E-state index is 0.858. The lowest BCUT2D eigenvalue weighted by Gasteiger charge is -1.98. The molecule has 0 aliphatic carbocycles. The van der Waals surface area contributed by atoms with Gasteiger partial charge < -0.3 is 0 Å². The molecule has 0 unspecified atom stereocenters. The van der Waals surface area contributed by atoms with Crippen molar-refractivity contribution < 1.29 is 0 Å². The lowest BCUT2D eigenvalue weighted by Crippen LogP contribution is -1.78. The molecule has 0 nitrogen and oxygen atoms in total. The van der Waals surface area contributed by atoms with Crippen molar-refractivity contribution in [3.8, 4) is 0 Å².